The SMILES string of the molecule is CN(CCC=O)Cc1cccc(C#N)c1. The molecule has 0 fully saturated rings. The van der Waals surface area contributed by atoms with Crippen LogP contribution in [0.4, 0.5) is 0 Å². The fourth-order valence-electron chi connectivity index (χ4n) is 1.40. The molecule has 3 heteroatoms. The molecular formula is C12H14N2O. The number of nitriles is 1. The third kappa shape index (κ3) is 3.92. The Morgan fingerprint density at radius 3 is 3.00 bits per heavy atom. The van der Waals surface area contributed by atoms with E-state index in [1.807, 2.05) is 25.2 Å². The molecule has 0 amide bonds. The second kappa shape index (κ2) is 5.94. The topological polar surface area (TPSA) is 44.1 Å². The van der Waals surface area contributed by atoms with Gasteiger partial charge in [-0.25, -0.2) is 0 Å². The highest BCUT2D eigenvalue weighted by molar-refractivity contribution is 5.49. The quantitative estimate of drug-likeness (QED) is 0.681. The summed E-state index contributed by atoms with van der Waals surface area (Å²) < 4.78 is 0. The molecule has 0 heterocycles. The van der Waals surface area contributed by atoms with Gasteiger partial charge in [-0.2, -0.15) is 5.26 Å². The highest BCUT2D eigenvalue weighted by Gasteiger charge is 2.00. The van der Waals surface area contributed by atoms with Crippen LogP contribution < -0.4 is 0 Å². The summed E-state index contributed by atoms with van der Waals surface area (Å²) in [5, 5.41) is 8.73. The Morgan fingerprint density at radius 1 is 1.53 bits per heavy atom. The van der Waals surface area contributed by atoms with Crippen molar-refractivity contribution in [2.24, 2.45) is 0 Å². The maximum absolute atomic E-state index is 10.2. The van der Waals surface area contributed by atoms with Crippen LogP contribution in [0.25, 0.3) is 0 Å². The van der Waals surface area contributed by atoms with E-state index in [9.17, 15) is 4.79 Å². The maximum Gasteiger partial charge on any atom is 0.121 e. The minimum atomic E-state index is 0.550. The summed E-state index contributed by atoms with van der Waals surface area (Å²) in [6.45, 7) is 1.52. The van der Waals surface area contributed by atoms with E-state index in [2.05, 4.69) is 11.0 Å². The van der Waals surface area contributed by atoms with E-state index in [0.717, 1.165) is 24.9 Å². The predicted octanol–water partition coefficient (Wildman–Crippen LogP) is 1.58. The van der Waals surface area contributed by atoms with Crippen LogP contribution in [0, 0.1) is 11.3 Å². The molecule has 0 aliphatic carbocycles. The van der Waals surface area contributed by atoms with E-state index in [-0.39, 0.29) is 0 Å². The summed E-state index contributed by atoms with van der Waals surface area (Å²) >= 11 is 0. The number of hydrogen-bond donors (Lipinski definition) is 0. The number of carbonyl (C=O) groups is 1. The predicted molar refractivity (Wildman–Crippen MR) is 58.2 cm³/mol. The second-order valence-corrected chi connectivity index (χ2v) is 3.51. The van der Waals surface area contributed by atoms with Crippen LogP contribution in [0.15, 0.2) is 24.3 Å². The number of carbonyl (C=O) groups excluding carboxylic acids is 1. The Hall–Kier alpha value is -1.66. The first kappa shape index (κ1) is 11.4. The first-order valence-electron chi connectivity index (χ1n) is 4.87. The van der Waals surface area contributed by atoms with Crippen molar-refractivity contribution >= 4 is 6.29 Å². The first-order chi connectivity index (χ1) is 7.26. The zero-order chi connectivity index (χ0) is 11.1. The Labute approximate surface area is 89.9 Å². The van der Waals surface area contributed by atoms with Crippen molar-refractivity contribution in [2.75, 3.05) is 13.6 Å². The number of nitrogens with zero attached hydrogens (tertiary/aromatic N) is 2. The van der Waals surface area contributed by atoms with Gasteiger partial charge in [0.1, 0.15) is 6.29 Å². The van der Waals surface area contributed by atoms with E-state index >= 15 is 0 Å². The van der Waals surface area contributed by atoms with Gasteiger partial charge in [0.15, 0.2) is 0 Å². The number of benzene rings is 1. The summed E-state index contributed by atoms with van der Waals surface area (Å²) in [5.74, 6) is 0. The van der Waals surface area contributed by atoms with Crippen LogP contribution in [-0.2, 0) is 11.3 Å². The molecule has 0 radical (unpaired) electrons. The lowest BCUT2D eigenvalue weighted by atomic mass is 10.1. The van der Waals surface area contributed by atoms with Crippen molar-refractivity contribution in [3.8, 4) is 6.07 Å². The Bertz CT molecular complexity index is 368. The van der Waals surface area contributed by atoms with Crippen molar-refractivity contribution < 1.29 is 4.79 Å². The van der Waals surface area contributed by atoms with Gasteiger partial charge in [-0.3, -0.25) is 0 Å². The monoisotopic (exact) mass is 202 g/mol. The lowest BCUT2D eigenvalue weighted by Gasteiger charge is -2.14. The van der Waals surface area contributed by atoms with Gasteiger partial charge >= 0.3 is 0 Å². The van der Waals surface area contributed by atoms with Gasteiger partial charge in [-0.05, 0) is 24.7 Å². The van der Waals surface area contributed by atoms with Crippen LogP contribution in [0.3, 0.4) is 0 Å². The summed E-state index contributed by atoms with van der Waals surface area (Å²) in [4.78, 5) is 12.3. The molecule has 0 spiro atoms. The van der Waals surface area contributed by atoms with Crippen molar-refractivity contribution in [1.29, 1.82) is 5.26 Å². The third-order valence-corrected chi connectivity index (χ3v) is 2.14. The third-order valence-electron chi connectivity index (χ3n) is 2.14. The van der Waals surface area contributed by atoms with Gasteiger partial charge in [-0.15, -0.1) is 0 Å². The smallest absolute Gasteiger partial charge is 0.121 e. The highest BCUT2D eigenvalue weighted by Crippen LogP contribution is 2.06. The Morgan fingerprint density at radius 2 is 2.33 bits per heavy atom. The number of hydrogen-bond acceptors (Lipinski definition) is 3. The molecule has 0 N–H and O–H groups in total. The standard InChI is InChI=1S/C12H14N2O/c1-14(6-3-7-15)10-12-5-2-4-11(8-12)9-13/h2,4-5,7-8H,3,6,10H2,1H3. The van der Waals surface area contributed by atoms with E-state index in [1.165, 1.54) is 0 Å². The summed E-state index contributed by atoms with van der Waals surface area (Å²) in [5.41, 5.74) is 1.78. The van der Waals surface area contributed by atoms with Crippen LogP contribution >= 0.6 is 0 Å². The molecule has 0 saturated carbocycles. The van der Waals surface area contributed by atoms with Crippen molar-refractivity contribution in [2.45, 2.75) is 13.0 Å². The Kier molecular flexibility index (Phi) is 4.52. The van der Waals surface area contributed by atoms with E-state index in [1.54, 1.807) is 6.07 Å². The molecule has 3 nitrogen and oxygen atoms in total. The molecule has 0 saturated heterocycles. The highest BCUT2D eigenvalue weighted by atomic mass is 16.1. The maximum atomic E-state index is 10.2. The molecule has 0 aliphatic heterocycles. The summed E-state index contributed by atoms with van der Waals surface area (Å²) in [6, 6.07) is 9.63. The lowest BCUT2D eigenvalue weighted by Crippen LogP contribution is -2.19. The average Bonchev–Trinajstić information content (AvgIpc) is 2.26. The molecule has 78 valence electrons. The number of aldehydes is 1. The fourth-order valence-corrected chi connectivity index (χ4v) is 1.40. The first-order valence-corrected chi connectivity index (χ1v) is 4.87. The zero-order valence-corrected chi connectivity index (χ0v) is 8.81. The van der Waals surface area contributed by atoms with Crippen LogP contribution in [0.5, 0.6) is 0 Å². The van der Waals surface area contributed by atoms with E-state index in [4.69, 9.17) is 5.26 Å². The van der Waals surface area contributed by atoms with Gasteiger partial charge < -0.3 is 9.69 Å². The molecule has 0 unspecified atom stereocenters. The minimum Gasteiger partial charge on any atom is -0.303 e. The molecule has 15 heavy (non-hydrogen) atoms. The van der Waals surface area contributed by atoms with Crippen LogP contribution in [0.1, 0.15) is 17.5 Å². The largest absolute Gasteiger partial charge is 0.303 e. The average molecular weight is 202 g/mol. The normalized spacial score (nSPS) is 9.93. The molecule has 0 atom stereocenters. The molecule has 1 rings (SSSR count). The minimum absolute atomic E-state index is 0.550. The molecule has 1 aromatic carbocycles. The van der Waals surface area contributed by atoms with Gasteiger partial charge in [0.05, 0.1) is 11.6 Å². The van der Waals surface area contributed by atoms with Crippen LogP contribution in [-0.4, -0.2) is 24.8 Å². The van der Waals surface area contributed by atoms with Crippen molar-refractivity contribution in [3.63, 3.8) is 0 Å². The van der Waals surface area contributed by atoms with Gasteiger partial charge in [0.25, 0.3) is 0 Å². The zero-order valence-electron chi connectivity index (χ0n) is 8.81. The van der Waals surface area contributed by atoms with E-state index in [0.29, 0.717) is 12.0 Å². The molecule has 1 aromatic rings. The van der Waals surface area contributed by atoms with E-state index < -0.39 is 0 Å². The Balaban J connectivity index is 2.56. The molecule has 0 aromatic heterocycles. The lowest BCUT2D eigenvalue weighted by molar-refractivity contribution is -0.108. The number of rotatable bonds is 5. The summed E-state index contributed by atoms with van der Waals surface area (Å²) in [7, 11) is 1.96. The van der Waals surface area contributed by atoms with Gasteiger partial charge in [-0.1, -0.05) is 12.1 Å². The van der Waals surface area contributed by atoms with Crippen molar-refractivity contribution in [3.05, 3.63) is 35.4 Å². The van der Waals surface area contributed by atoms with Gasteiger partial charge in [0.2, 0.25) is 0 Å². The molecular weight excluding hydrogens is 188 g/mol. The van der Waals surface area contributed by atoms with Gasteiger partial charge in [0, 0.05) is 19.5 Å². The van der Waals surface area contributed by atoms with Crippen LogP contribution in [0.2, 0.25) is 0 Å². The van der Waals surface area contributed by atoms with Crippen molar-refractivity contribution in [1.82, 2.24) is 4.90 Å². The molecule has 0 aliphatic rings. The summed E-state index contributed by atoms with van der Waals surface area (Å²) in [6.07, 6.45) is 1.47. The fraction of sp³-hybridized carbons (Fsp3) is 0.333. The second-order valence-electron chi connectivity index (χ2n) is 3.51. The molecule has 0 bridgehead atoms.